The van der Waals surface area contributed by atoms with Crippen LogP contribution in [0.2, 0.25) is 0 Å². The number of nitrogens with zero attached hydrogens (tertiary/aromatic N) is 1. The van der Waals surface area contributed by atoms with Crippen molar-refractivity contribution in [3.8, 4) is 11.3 Å². The van der Waals surface area contributed by atoms with Gasteiger partial charge in [0.25, 0.3) is 0 Å². The van der Waals surface area contributed by atoms with Gasteiger partial charge in [0.1, 0.15) is 0 Å². The summed E-state index contributed by atoms with van der Waals surface area (Å²) in [6, 6.07) is 7.12. The second kappa shape index (κ2) is 3.92. The molecule has 0 bridgehead atoms. The molecule has 0 aliphatic carbocycles. The molecule has 70 valence electrons. The lowest BCUT2D eigenvalue weighted by Gasteiger charge is -2.05. The largest absolute Gasteiger partial charge is 0.489 e. The van der Waals surface area contributed by atoms with Crippen LogP contribution in [0.3, 0.4) is 0 Å². The quantitative estimate of drug-likeness (QED) is 0.701. The van der Waals surface area contributed by atoms with Crippen LogP contribution in [0.15, 0.2) is 35.2 Å². The first-order valence-electron chi connectivity index (χ1n) is 4.12. The monoisotopic (exact) mass is 205 g/mol. The van der Waals surface area contributed by atoms with Crippen molar-refractivity contribution in [3.63, 3.8) is 0 Å². The molecule has 0 atom stereocenters. The van der Waals surface area contributed by atoms with E-state index in [1.54, 1.807) is 17.6 Å². The van der Waals surface area contributed by atoms with Crippen LogP contribution in [0.1, 0.15) is 0 Å². The van der Waals surface area contributed by atoms with Crippen molar-refractivity contribution in [2.45, 2.75) is 0 Å². The Labute approximate surface area is 85.8 Å². The third-order valence-corrected chi connectivity index (χ3v) is 2.53. The van der Waals surface area contributed by atoms with Crippen molar-refractivity contribution in [2.75, 3.05) is 0 Å². The van der Waals surface area contributed by atoms with E-state index >= 15 is 0 Å². The fourth-order valence-electron chi connectivity index (χ4n) is 1.30. The van der Waals surface area contributed by atoms with Crippen LogP contribution >= 0.6 is 11.3 Å². The molecular weight excluding hydrogens is 197 g/mol. The van der Waals surface area contributed by atoms with E-state index in [0.717, 1.165) is 11.3 Å². The van der Waals surface area contributed by atoms with Gasteiger partial charge in [-0.25, -0.2) is 4.98 Å². The van der Waals surface area contributed by atoms with Gasteiger partial charge in [-0.2, -0.15) is 0 Å². The van der Waals surface area contributed by atoms with Gasteiger partial charge in [-0.15, -0.1) is 11.3 Å². The Morgan fingerprint density at radius 1 is 1.21 bits per heavy atom. The molecule has 0 saturated carbocycles. The Morgan fingerprint density at radius 2 is 2.00 bits per heavy atom. The van der Waals surface area contributed by atoms with Crippen molar-refractivity contribution in [2.24, 2.45) is 0 Å². The molecule has 14 heavy (non-hydrogen) atoms. The number of benzene rings is 1. The van der Waals surface area contributed by atoms with Gasteiger partial charge in [-0.1, -0.05) is 24.3 Å². The summed E-state index contributed by atoms with van der Waals surface area (Å²) in [5.74, 6) is 0. The van der Waals surface area contributed by atoms with E-state index in [9.17, 15) is 0 Å². The van der Waals surface area contributed by atoms with Crippen molar-refractivity contribution in [3.05, 3.63) is 35.2 Å². The average molecular weight is 205 g/mol. The summed E-state index contributed by atoms with van der Waals surface area (Å²) in [6.07, 6.45) is 0. The number of rotatable bonds is 2. The fourth-order valence-corrected chi connectivity index (χ4v) is 1.85. The van der Waals surface area contributed by atoms with Gasteiger partial charge >= 0.3 is 7.12 Å². The third kappa shape index (κ3) is 1.70. The Kier molecular flexibility index (Phi) is 2.63. The van der Waals surface area contributed by atoms with Crippen LogP contribution in [-0.2, 0) is 0 Å². The second-order valence-corrected chi connectivity index (χ2v) is 3.55. The average Bonchev–Trinajstić information content (AvgIpc) is 2.70. The van der Waals surface area contributed by atoms with Gasteiger partial charge < -0.3 is 10.0 Å². The summed E-state index contributed by atoms with van der Waals surface area (Å²) in [5, 5.41) is 20.1. The molecule has 2 aromatic rings. The van der Waals surface area contributed by atoms with Crippen molar-refractivity contribution in [1.29, 1.82) is 0 Å². The summed E-state index contributed by atoms with van der Waals surface area (Å²) in [5.41, 5.74) is 3.75. The molecule has 0 amide bonds. The predicted octanol–water partition coefficient (Wildman–Crippen LogP) is 0.490. The Morgan fingerprint density at radius 3 is 2.64 bits per heavy atom. The molecule has 1 aromatic heterocycles. The summed E-state index contributed by atoms with van der Waals surface area (Å²) in [4.78, 5) is 4.13. The molecule has 3 nitrogen and oxygen atoms in total. The maximum atomic E-state index is 9.13. The molecule has 0 aliphatic heterocycles. The first kappa shape index (κ1) is 9.39. The Hall–Kier alpha value is -1.17. The summed E-state index contributed by atoms with van der Waals surface area (Å²) in [7, 11) is -1.45. The minimum atomic E-state index is -1.45. The lowest BCUT2D eigenvalue weighted by molar-refractivity contribution is 0.426. The van der Waals surface area contributed by atoms with E-state index in [1.807, 2.05) is 17.5 Å². The highest BCUT2D eigenvalue weighted by molar-refractivity contribution is 7.07. The molecule has 5 heteroatoms. The zero-order valence-electron chi connectivity index (χ0n) is 7.29. The Balaban J connectivity index is 2.53. The molecule has 0 aliphatic rings. The van der Waals surface area contributed by atoms with Crippen LogP contribution in [0, 0.1) is 0 Å². The predicted molar refractivity (Wildman–Crippen MR) is 57.4 cm³/mol. The number of aromatic nitrogens is 1. The summed E-state index contributed by atoms with van der Waals surface area (Å²) >= 11 is 1.48. The molecule has 2 rings (SSSR count). The zero-order chi connectivity index (χ0) is 9.97. The van der Waals surface area contributed by atoms with Crippen LogP contribution in [0.4, 0.5) is 0 Å². The Bertz CT molecular complexity index is 417. The third-order valence-electron chi connectivity index (χ3n) is 1.95. The molecule has 0 saturated heterocycles. The maximum Gasteiger partial charge on any atom is 0.489 e. The van der Waals surface area contributed by atoms with E-state index in [0.29, 0.717) is 5.46 Å². The minimum Gasteiger partial charge on any atom is -0.423 e. The van der Waals surface area contributed by atoms with Crippen LogP contribution in [0.5, 0.6) is 0 Å². The standard InChI is InChI=1S/C9H8BNO2S/c12-10(13)8-4-2-1-3-7(8)9-5-14-6-11-9/h1-6,12-13H. The molecule has 0 spiro atoms. The van der Waals surface area contributed by atoms with Crippen molar-refractivity contribution in [1.82, 2.24) is 4.98 Å². The van der Waals surface area contributed by atoms with Gasteiger partial charge in [0, 0.05) is 10.9 Å². The molecule has 0 radical (unpaired) electrons. The van der Waals surface area contributed by atoms with E-state index in [2.05, 4.69) is 4.98 Å². The molecule has 1 heterocycles. The van der Waals surface area contributed by atoms with Gasteiger partial charge in [-0.05, 0) is 5.46 Å². The normalized spacial score (nSPS) is 10.1. The number of thiazole rings is 1. The van der Waals surface area contributed by atoms with E-state index in [-0.39, 0.29) is 0 Å². The van der Waals surface area contributed by atoms with Crippen LogP contribution in [-0.4, -0.2) is 22.2 Å². The first-order valence-corrected chi connectivity index (χ1v) is 5.07. The van der Waals surface area contributed by atoms with Gasteiger partial charge in [0.15, 0.2) is 0 Å². The second-order valence-electron chi connectivity index (χ2n) is 2.83. The minimum absolute atomic E-state index is 0.485. The smallest absolute Gasteiger partial charge is 0.423 e. The SMILES string of the molecule is OB(O)c1ccccc1-c1cscn1. The molecular formula is C9H8BNO2S. The maximum absolute atomic E-state index is 9.13. The van der Waals surface area contributed by atoms with E-state index in [4.69, 9.17) is 10.0 Å². The highest BCUT2D eigenvalue weighted by atomic mass is 32.1. The highest BCUT2D eigenvalue weighted by Crippen LogP contribution is 2.16. The van der Waals surface area contributed by atoms with Crippen LogP contribution < -0.4 is 5.46 Å². The zero-order valence-corrected chi connectivity index (χ0v) is 8.11. The van der Waals surface area contributed by atoms with Gasteiger partial charge in [0.05, 0.1) is 11.2 Å². The van der Waals surface area contributed by atoms with E-state index in [1.165, 1.54) is 11.3 Å². The van der Waals surface area contributed by atoms with Crippen LogP contribution in [0.25, 0.3) is 11.3 Å². The summed E-state index contributed by atoms with van der Waals surface area (Å²) < 4.78 is 0. The molecule has 2 N–H and O–H groups in total. The molecule has 1 aromatic carbocycles. The fraction of sp³-hybridized carbons (Fsp3) is 0. The summed E-state index contributed by atoms with van der Waals surface area (Å²) in [6.45, 7) is 0. The van der Waals surface area contributed by atoms with Crippen molar-refractivity contribution < 1.29 is 10.0 Å². The highest BCUT2D eigenvalue weighted by Gasteiger charge is 2.16. The lowest BCUT2D eigenvalue weighted by Crippen LogP contribution is -2.31. The number of hydrogen-bond acceptors (Lipinski definition) is 4. The van der Waals surface area contributed by atoms with Gasteiger partial charge in [-0.3, -0.25) is 0 Å². The van der Waals surface area contributed by atoms with E-state index < -0.39 is 7.12 Å². The topological polar surface area (TPSA) is 53.4 Å². The number of hydrogen-bond donors (Lipinski definition) is 2. The molecule has 0 fully saturated rings. The lowest BCUT2D eigenvalue weighted by atomic mass is 9.76. The van der Waals surface area contributed by atoms with Gasteiger partial charge in [0.2, 0.25) is 0 Å². The molecule has 0 unspecified atom stereocenters. The first-order chi connectivity index (χ1) is 6.79. The van der Waals surface area contributed by atoms with Crippen molar-refractivity contribution >= 4 is 23.9 Å².